The molecular weight excluding hydrogens is 530 g/mol. The van der Waals surface area contributed by atoms with Gasteiger partial charge in [-0.3, -0.25) is 4.79 Å². The van der Waals surface area contributed by atoms with E-state index < -0.39 is 34.7 Å². The first-order valence-electron chi connectivity index (χ1n) is 13.4. The molecule has 2 unspecified atom stereocenters. The molecule has 212 valence electrons. The van der Waals surface area contributed by atoms with Crippen LogP contribution in [0, 0.1) is 17.5 Å². The van der Waals surface area contributed by atoms with Crippen LogP contribution in [0.5, 0.6) is 0 Å². The summed E-state index contributed by atoms with van der Waals surface area (Å²) in [5.74, 6) is -1.88. The Balaban J connectivity index is 1.31. The van der Waals surface area contributed by atoms with Gasteiger partial charge < -0.3 is 10.2 Å². The molecule has 9 heteroatoms. The van der Waals surface area contributed by atoms with Gasteiger partial charge in [0.2, 0.25) is 5.91 Å². The highest BCUT2D eigenvalue weighted by Gasteiger charge is 2.48. The van der Waals surface area contributed by atoms with Gasteiger partial charge in [0.25, 0.3) is 0 Å². The zero-order chi connectivity index (χ0) is 28.5. The van der Waals surface area contributed by atoms with Crippen molar-refractivity contribution >= 4 is 5.91 Å². The largest absolute Gasteiger partial charge is 0.416 e. The molecule has 2 aliphatic rings. The molecular formula is C31H30F6N2O. The lowest BCUT2D eigenvalue weighted by molar-refractivity contribution is -0.137. The van der Waals surface area contributed by atoms with Gasteiger partial charge in [-0.1, -0.05) is 24.3 Å². The predicted molar refractivity (Wildman–Crippen MR) is 139 cm³/mol. The number of likely N-dealkylation sites (tertiary alicyclic amines) is 1. The van der Waals surface area contributed by atoms with Gasteiger partial charge in [0.1, 0.15) is 17.5 Å². The Bertz CT molecular complexity index is 1350. The van der Waals surface area contributed by atoms with E-state index in [9.17, 15) is 31.1 Å². The van der Waals surface area contributed by atoms with Gasteiger partial charge >= 0.3 is 6.18 Å². The Kier molecular flexibility index (Phi) is 7.95. The number of halogens is 6. The second-order valence-electron chi connectivity index (χ2n) is 10.9. The Hall–Kier alpha value is -3.33. The van der Waals surface area contributed by atoms with Crippen LogP contribution in [0.2, 0.25) is 0 Å². The van der Waals surface area contributed by atoms with E-state index in [2.05, 4.69) is 10.2 Å². The standard InChI is InChI=1S/C31H30F6N2O/c32-25-6-4-21(5-7-25)22-9-12-39(13-10-22)28-8-11-30(18-28,23-2-1-3-26(33)16-23)29(40)38-19-20-14-24(31(35,36)37)17-27(34)15-20/h1-7,14-17,22,28H,8-13,18-19H2,(H,38,40). The summed E-state index contributed by atoms with van der Waals surface area (Å²) in [5, 5.41) is 2.72. The fraction of sp³-hybridized carbons (Fsp3) is 0.387. The van der Waals surface area contributed by atoms with Crippen LogP contribution in [0.25, 0.3) is 0 Å². The Morgan fingerprint density at radius 2 is 1.60 bits per heavy atom. The SMILES string of the molecule is O=C(NCc1cc(F)cc(C(F)(F)F)c1)C1(c2cccc(F)c2)CCC(N2CCC(c3ccc(F)cc3)CC2)C1. The van der Waals surface area contributed by atoms with E-state index in [1.54, 1.807) is 12.1 Å². The molecule has 3 nitrogen and oxygen atoms in total. The second-order valence-corrected chi connectivity index (χ2v) is 10.9. The van der Waals surface area contributed by atoms with Gasteiger partial charge in [0.15, 0.2) is 0 Å². The average molecular weight is 561 g/mol. The number of alkyl halides is 3. The maximum atomic E-state index is 14.3. The van der Waals surface area contributed by atoms with E-state index in [1.165, 1.54) is 24.3 Å². The number of carbonyl (C=O) groups excluding carboxylic acids is 1. The van der Waals surface area contributed by atoms with Crippen LogP contribution in [0.3, 0.4) is 0 Å². The smallest absolute Gasteiger partial charge is 0.351 e. The summed E-state index contributed by atoms with van der Waals surface area (Å²) in [6.45, 7) is 1.32. The molecule has 1 saturated carbocycles. The molecule has 0 spiro atoms. The molecule has 1 saturated heterocycles. The lowest BCUT2D eigenvalue weighted by Gasteiger charge is -2.37. The summed E-state index contributed by atoms with van der Waals surface area (Å²) in [6, 6.07) is 14.7. The molecule has 1 aliphatic heterocycles. The minimum absolute atomic E-state index is 0.00696. The number of hydrogen-bond donors (Lipinski definition) is 1. The molecule has 1 amide bonds. The van der Waals surface area contributed by atoms with Crippen LogP contribution in [0.4, 0.5) is 26.3 Å². The quantitative estimate of drug-likeness (QED) is 0.326. The highest BCUT2D eigenvalue weighted by Crippen LogP contribution is 2.45. The number of carbonyl (C=O) groups is 1. The number of piperidine rings is 1. The van der Waals surface area contributed by atoms with Crippen molar-refractivity contribution < 1.29 is 31.1 Å². The monoisotopic (exact) mass is 560 g/mol. The molecule has 3 aromatic carbocycles. The second kappa shape index (κ2) is 11.3. The van der Waals surface area contributed by atoms with E-state index in [1.807, 2.05) is 12.1 Å². The Morgan fingerprint density at radius 1 is 0.875 bits per heavy atom. The van der Waals surface area contributed by atoms with Crippen molar-refractivity contribution in [2.45, 2.75) is 62.2 Å². The maximum absolute atomic E-state index is 14.3. The maximum Gasteiger partial charge on any atom is 0.416 e. The topological polar surface area (TPSA) is 32.3 Å². The number of benzene rings is 3. The van der Waals surface area contributed by atoms with Gasteiger partial charge in [-0.05, 0) is 110 Å². The summed E-state index contributed by atoms with van der Waals surface area (Å²) in [5.41, 5.74) is -0.578. The number of hydrogen-bond acceptors (Lipinski definition) is 2. The van der Waals surface area contributed by atoms with Crippen LogP contribution in [-0.2, 0) is 22.9 Å². The zero-order valence-corrected chi connectivity index (χ0v) is 21.8. The van der Waals surface area contributed by atoms with E-state index in [0.29, 0.717) is 36.8 Å². The average Bonchev–Trinajstić information content (AvgIpc) is 3.38. The Morgan fingerprint density at radius 3 is 2.27 bits per heavy atom. The first-order valence-corrected chi connectivity index (χ1v) is 13.4. The van der Waals surface area contributed by atoms with Crippen LogP contribution >= 0.6 is 0 Å². The number of amides is 1. The minimum Gasteiger partial charge on any atom is -0.351 e. The lowest BCUT2D eigenvalue weighted by Crippen LogP contribution is -2.45. The third kappa shape index (κ3) is 6.04. The molecule has 2 atom stereocenters. The number of nitrogens with zero attached hydrogens (tertiary/aromatic N) is 1. The van der Waals surface area contributed by atoms with Gasteiger partial charge in [-0.2, -0.15) is 13.2 Å². The highest BCUT2D eigenvalue weighted by atomic mass is 19.4. The summed E-state index contributed by atoms with van der Waals surface area (Å²) in [6.07, 6.45) is -1.36. The van der Waals surface area contributed by atoms with E-state index >= 15 is 0 Å². The van der Waals surface area contributed by atoms with Crippen LogP contribution in [0.15, 0.2) is 66.7 Å². The van der Waals surface area contributed by atoms with Crippen molar-refractivity contribution in [3.63, 3.8) is 0 Å². The molecule has 2 fully saturated rings. The molecule has 0 bridgehead atoms. The fourth-order valence-corrected chi connectivity index (χ4v) is 6.32. The van der Waals surface area contributed by atoms with E-state index in [4.69, 9.17) is 0 Å². The van der Waals surface area contributed by atoms with Gasteiger partial charge in [-0.25, -0.2) is 13.2 Å². The van der Waals surface area contributed by atoms with Crippen molar-refractivity contribution in [2.24, 2.45) is 0 Å². The van der Waals surface area contributed by atoms with Crippen molar-refractivity contribution in [3.8, 4) is 0 Å². The summed E-state index contributed by atoms with van der Waals surface area (Å²) in [7, 11) is 0. The highest BCUT2D eigenvalue weighted by molar-refractivity contribution is 5.88. The summed E-state index contributed by atoms with van der Waals surface area (Å²) in [4.78, 5) is 16.1. The fourth-order valence-electron chi connectivity index (χ4n) is 6.32. The molecule has 1 aliphatic carbocycles. The third-order valence-electron chi connectivity index (χ3n) is 8.43. The van der Waals surface area contributed by atoms with Crippen molar-refractivity contribution in [1.82, 2.24) is 10.2 Å². The first-order chi connectivity index (χ1) is 19.0. The van der Waals surface area contributed by atoms with Crippen molar-refractivity contribution in [1.29, 1.82) is 0 Å². The van der Waals surface area contributed by atoms with Gasteiger partial charge in [0.05, 0.1) is 11.0 Å². The minimum atomic E-state index is -4.72. The number of rotatable bonds is 6. The van der Waals surface area contributed by atoms with Crippen molar-refractivity contribution in [3.05, 3.63) is 106 Å². The molecule has 1 N–H and O–H groups in total. The zero-order valence-electron chi connectivity index (χ0n) is 21.8. The van der Waals surface area contributed by atoms with Crippen molar-refractivity contribution in [2.75, 3.05) is 13.1 Å². The van der Waals surface area contributed by atoms with E-state index in [-0.39, 0.29) is 24.0 Å². The normalized spacial score (nSPS) is 22.4. The number of nitrogens with one attached hydrogen (secondary N) is 1. The lowest BCUT2D eigenvalue weighted by atomic mass is 9.77. The molecule has 40 heavy (non-hydrogen) atoms. The predicted octanol–water partition coefficient (Wildman–Crippen LogP) is 7.11. The Labute approximate surface area is 229 Å². The molecule has 3 aromatic rings. The summed E-state index contributed by atoms with van der Waals surface area (Å²) < 4.78 is 81.0. The molecule has 1 heterocycles. The third-order valence-corrected chi connectivity index (χ3v) is 8.43. The van der Waals surface area contributed by atoms with Gasteiger partial charge in [-0.15, -0.1) is 0 Å². The molecule has 5 rings (SSSR count). The van der Waals surface area contributed by atoms with Crippen LogP contribution in [0.1, 0.15) is 60.3 Å². The molecule has 0 radical (unpaired) electrons. The van der Waals surface area contributed by atoms with E-state index in [0.717, 1.165) is 43.6 Å². The summed E-state index contributed by atoms with van der Waals surface area (Å²) >= 11 is 0. The van der Waals surface area contributed by atoms with Gasteiger partial charge in [0, 0.05) is 12.6 Å². The molecule has 0 aromatic heterocycles. The van der Waals surface area contributed by atoms with Crippen LogP contribution in [-0.4, -0.2) is 29.9 Å². The van der Waals surface area contributed by atoms with Crippen LogP contribution < -0.4 is 5.32 Å². The first kappa shape index (κ1) is 28.2.